The van der Waals surface area contributed by atoms with Crippen LogP contribution in [0.15, 0.2) is 23.1 Å². The van der Waals surface area contributed by atoms with Gasteiger partial charge in [0, 0.05) is 0 Å². The summed E-state index contributed by atoms with van der Waals surface area (Å²) in [6, 6.07) is 2.12. The lowest BCUT2D eigenvalue weighted by Gasteiger charge is -2.07. The van der Waals surface area contributed by atoms with Crippen molar-refractivity contribution in [2.45, 2.75) is 4.90 Å². The minimum absolute atomic E-state index is 0.519. The lowest BCUT2D eigenvalue weighted by atomic mass is 10.3. The molecule has 0 saturated heterocycles. The number of phenols is 1. The fourth-order valence-corrected chi connectivity index (χ4v) is 2.17. The van der Waals surface area contributed by atoms with Crippen molar-refractivity contribution >= 4 is 23.0 Å². The maximum absolute atomic E-state index is 10.8. The van der Waals surface area contributed by atoms with Gasteiger partial charge >= 0.3 is 7.60 Å². The van der Waals surface area contributed by atoms with Gasteiger partial charge in [0.2, 0.25) is 0 Å². The summed E-state index contributed by atoms with van der Waals surface area (Å²) in [5, 5.41) is 8.22. The first-order valence-electron chi connectivity index (χ1n) is 3.49. The first-order chi connectivity index (χ1) is 6.62. The summed E-state index contributed by atoms with van der Waals surface area (Å²) in [5.41, 5.74) is 0. The first kappa shape index (κ1) is 12.2. The van der Waals surface area contributed by atoms with E-state index >= 15 is 0 Å². The summed E-state index contributed by atoms with van der Waals surface area (Å²) in [4.78, 5) is 16.8. The Hall–Kier alpha value is -0.920. The van der Waals surface area contributed by atoms with Gasteiger partial charge in [-0.05, 0) is 18.2 Å². The zero-order valence-corrected chi connectivity index (χ0v) is 8.81. The zero-order chi connectivity index (χ0) is 11.9. The van der Waals surface area contributed by atoms with Crippen LogP contribution in [0, 0.1) is 0 Å². The number of aromatic hydroxyl groups is 1. The third-order valence-electron chi connectivity index (χ3n) is 1.56. The second kappa shape index (κ2) is 3.58. The van der Waals surface area contributed by atoms with Gasteiger partial charge in [-0.2, -0.15) is 8.42 Å². The van der Waals surface area contributed by atoms with E-state index in [1.54, 1.807) is 0 Å². The molecular weight excluding hydrogens is 247 g/mol. The van der Waals surface area contributed by atoms with Gasteiger partial charge in [-0.15, -0.1) is 0 Å². The molecule has 7 nitrogen and oxygen atoms in total. The molecule has 0 aliphatic rings. The topological polar surface area (TPSA) is 132 Å². The highest BCUT2D eigenvalue weighted by atomic mass is 32.2. The molecule has 4 N–H and O–H groups in total. The van der Waals surface area contributed by atoms with Gasteiger partial charge in [-0.25, -0.2) is 0 Å². The largest absolute Gasteiger partial charge is 0.507 e. The van der Waals surface area contributed by atoms with Crippen LogP contribution in [0.3, 0.4) is 0 Å². The summed E-state index contributed by atoms with van der Waals surface area (Å²) in [5.74, 6) is -0.740. The molecule has 0 amide bonds. The molecule has 84 valence electrons. The molecule has 1 rings (SSSR count). The predicted octanol–water partition coefficient (Wildman–Crippen LogP) is -0.558. The molecule has 0 spiro atoms. The second-order valence-electron chi connectivity index (χ2n) is 2.67. The molecule has 9 heteroatoms. The molecule has 0 aromatic heterocycles. The Kier molecular flexibility index (Phi) is 2.90. The fraction of sp³-hybridized carbons (Fsp3) is 0. The van der Waals surface area contributed by atoms with Gasteiger partial charge < -0.3 is 14.9 Å². The van der Waals surface area contributed by atoms with E-state index in [1.165, 1.54) is 0 Å². The normalized spacial score (nSPS) is 12.7. The van der Waals surface area contributed by atoms with Gasteiger partial charge in [0.25, 0.3) is 10.1 Å². The molecule has 0 aliphatic carbocycles. The fourth-order valence-electron chi connectivity index (χ4n) is 0.897. The van der Waals surface area contributed by atoms with Crippen molar-refractivity contribution in [3.63, 3.8) is 0 Å². The van der Waals surface area contributed by atoms with Gasteiger partial charge in [0.05, 0.1) is 4.90 Å². The van der Waals surface area contributed by atoms with E-state index in [9.17, 15) is 13.0 Å². The molecule has 15 heavy (non-hydrogen) atoms. The van der Waals surface area contributed by atoms with Crippen molar-refractivity contribution in [2.24, 2.45) is 0 Å². The monoisotopic (exact) mass is 254 g/mol. The minimum atomic E-state index is -4.78. The lowest BCUT2D eigenvalue weighted by Crippen LogP contribution is -2.08. The average Bonchev–Trinajstić information content (AvgIpc) is 2.00. The Morgan fingerprint density at radius 2 is 1.73 bits per heavy atom. The highest BCUT2D eigenvalue weighted by Crippen LogP contribution is 2.37. The molecule has 0 aliphatic heterocycles. The molecule has 0 saturated carbocycles. The minimum Gasteiger partial charge on any atom is -0.507 e. The number of hydrogen-bond acceptors (Lipinski definition) is 4. The molecule has 0 fully saturated rings. The summed E-state index contributed by atoms with van der Waals surface area (Å²) >= 11 is 0. The summed E-state index contributed by atoms with van der Waals surface area (Å²) in [6.45, 7) is 0. The second-order valence-corrected chi connectivity index (χ2v) is 5.66. The van der Waals surface area contributed by atoms with E-state index in [4.69, 9.17) is 19.4 Å². The number of rotatable bonds is 2. The average molecular weight is 254 g/mol. The van der Waals surface area contributed by atoms with Crippen LogP contribution in [-0.2, 0) is 14.7 Å². The Bertz CT molecular complexity index is 528. The van der Waals surface area contributed by atoms with Crippen LogP contribution >= 0.6 is 7.60 Å². The molecule has 1 aromatic rings. The lowest BCUT2D eigenvalue weighted by molar-refractivity contribution is 0.384. The van der Waals surface area contributed by atoms with Crippen LogP contribution in [0.1, 0.15) is 0 Å². The van der Waals surface area contributed by atoms with Gasteiger partial charge in [0.15, 0.2) is 0 Å². The van der Waals surface area contributed by atoms with Crippen molar-refractivity contribution in [1.82, 2.24) is 0 Å². The van der Waals surface area contributed by atoms with Crippen LogP contribution in [0.2, 0.25) is 0 Å². The van der Waals surface area contributed by atoms with E-state index in [-0.39, 0.29) is 0 Å². The Morgan fingerprint density at radius 3 is 2.13 bits per heavy atom. The van der Waals surface area contributed by atoms with Crippen LogP contribution in [0.4, 0.5) is 0 Å². The molecule has 1 aromatic carbocycles. The standard InChI is InChI=1S/C6H7O7PS/c7-5-2-1-4(15(11,12)13)3-6(5)14(8,9)10/h1-3,7H,(H2,8,9,10)(H,11,12,13). The maximum Gasteiger partial charge on any atom is 0.359 e. The Labute approximate surface area is 84.9 Å². The van der Waals surface area contributed by atoms with E-state index in [0.29, 0.717) is 6.07 Å². The van der Waals surface area contributed by atoms with Crippen molar-refractivity contribution in [3.05, 3.63) is 18.2 Å². The number of phenolic OH excluding ortho intramolecular Hbond substituents is 1. The zero-order valence-electron chi connectivity index (χ0n) is 7.10. The molecule has 0 bridgehead atoms. The first-order valence-corrected chi connectivity index (χ1v) is 6.54. The van der Waals surface area contributed by atoms with E-state index in [0.717, 1.165) is 12.1 Å². The predicted molar refractivity (Wildman–Crippen MR) is 49.6 cm³/mol. The quantitative estimate of drug-likeness (QED) is 0.410. The van der Waals surface area contributed by atoms with E-state index in [1.807, 2.05) is 0 Å². The Balaban J connectivity index is 3.50. The summed E-state index contributed by atoms with van der Waals surface area (Å²) in [6.07, 6.45) is 0. The third kappa shape index (κ3) is 2.77. The number of benzene rings is 1. The van der Waals surface area contributed by atoms with Crippen molar-refractivity contribution in [3.8, 4) is 5.75 Å². The van der Waals surface area contributed by atoms with E-state index < -0.39 is 33.7 Å². The maximum atomic E-state index is 10.8. The van der Waals surface area contributed by atoms with Crippen molar-refractivity contribution in [1.29, 1.82) is 0 Å². The molecule has 0 heterocycles. The van der Waals surface area contributed by atoms with Gasteiger partial charge in [-0.3, -0.25) is 9.12 Å². The molecule has 0 unspecified atom stereocenters. The highest BCUT2D eigenvalue weighted by molar-refractivity contribution is 7.85. The van der Waals surface area contributed by atoms with Gasteiger partial charge in [-0.1, -0.05) is 0 Å². The summed E-state index contributed by atoms with van der Waals surface area (Å²) in [7, 11) is -9.33. The number of hydrogen-bond donors (Lipinski definition) is 4. The van der Waals surface area contributed by atoms with Crippen LogP contribution in [0.25, 0.3) is 0 Å². The van der Waals surface area contributed by atoms with Gasteiger partial charge in [0.1, 0.15) is 11.1 Å². The van der Waals surface area contributed by atoms with Crippen LogP contribution < -0.4 is 5.30 Å². The van der Waals surface area contributed by atoms with Crippen molar-refractivity contribution < 1.29 is 32.4 Å². The van der Waals surface area contributed by atoms with E-state index in [2.05, 4.69) is 0 Å². The third-order valence-corrected chi connectivity index (χ3v) is 3.39. The van der Waals surface area contributed by atoms with Crippen LogP contribution in [-0.4, -0.2) is 27.9 Å². The SMILES string of the molecule is O=P(O)(O)c1cc(S(=O)(=O)O)ccc1O. The van der Waals surface area contributed by atoms with Crippen molar-refractivity contribution in [2.75, 3.05) is 0 Å². The molecule has 0 radical (unpaired) electrons. The molecular formula is C6H7O7PS. The highest BCUT2D eigenvalue weighted by Gasteiger charge is 2.24. The summed E-state index contributed by atoms with van der Waals surface area (Å²) < 4.78 is 40.7. The Morgan fingerprint density at radius 1 is 1.20 bits per heavy atom. The van der Waals surface area contributed by atoms with Crippen LogP contribution in [0.5, 0.6) is 5.75 Å². The molecule has 0 atom stereocenters. The smallest absolute Gasteiger partial charge is 0.359 e.